The number of carboxylic acid groups (broad SMARTS) is 1. The summed E-state index contributed by atoms with van der Waals surface area (Å²) in [6.45, 7) is 5.29. The number of ether oxygens (including phenoxy) is 1. The average molecular weight is 503 g/mol. The second-order valence-electron chi connectivity index (χ2n) is 10.7. The van der Waals surface area contributed by atoms with Gasteiger partial charge in [-0.15, -0.1) is 0 Å². The van der Waals surface area contributed by atoms with Crippen LogP contribution in [0.4, 0.5) is 0 Å². The predicted molar refractivity (Wildman–Crippen MR) is 150 cm³/mol. The molecule has 5 nitrogen and oxygen atoms in total. The van der Waals surface area contributed by atoms with Crippen molar-refractivity contribution < 1.29 is 14.6 Å². The lowest BCUT2D eigenvalue weighted by Crippen LogP contribution is -2.41. The number of hydrogen-bond acceptors (Lipinski definition) is 4. The van der Waals surface area contributed by atoms with Crippen LogP contribution in [0, 0.1) is 18.8 Å². The lowest BCUT2D eigenvalue weighted by molar-refractivity contribution is -0.139. The minimum Gasteiger partial charge on any atom is -0.497 e. The molecule has 0 spiro atoms. The molecule has 198 valence electrons. The molecule has 2 atom stereocenters. The molecule has 2 aromatic carbocycles. The third kappa shape index (κ3) is 7.78. The Morgan fingerprint density at radius 1 is 1.03 bits per heavy atom. The van der Waals surface area contributed by atoms with E-state index in [2.05, 4.69) is 53.2 Å². The quantitative estimate of drug-likeness (QED) is 0.264. The zero-order chi connectivity index (χ0) is 26.0. The van der Waals surface area contributed by atoms with Crippen molar-refractivity contribution in [3.05, 3.63) is 71.4 Å². The monoisotopic (exact) mass is 502 g/mol. The van der Waals surface area contributed by atoms with E-state index < -0.39 is 5.97 Å². The van der Waals surface area contributed by atoms with Crippen LogP contribution in [0.1, 0.15) is 61.6 Å². The number of piperidine rings is 1. The molecule has 0 saturated carbocycles. The smallest absolute Gasteiger partial charge is 0.303 e. The largest absolute Gasteiger partial charge is 0.497 e. The van der Waals surface area contributed by atoms with E-state index >= 15 is 0 Å². The number of likely N-dealkylation sites (tertiary alicyclic amines) is 1. The first-order valence-electron chi connectivity index (χ1n) is 13.9. The minimum absolute atomic E-state index is 0.243. The summed E-state index contributed by atoms with van der Waals surface area (Å²) in [6.07, 6.45) is 11.2. The Kier molecular flexibility index (Phi) is 9.95. The second kappa shape index (κ2) is 13.6. The van der Waals surface area contributed by atoms with E-state index in [1.807, 2.05) is 18.3 Å². The summed E-state index contributed by atoms with van der Waals surface area (Å²) in [5.41, 5.74) is 5.14. The highest BCUT2D eigenvalue weighted by molar-refractivity contribution is 5.83. The number of nitrogens with zero attached hydrogens (tertiary/aromatic N) is 2. The Morgan fingerprint density at radius 2 is 1.86 bits per heavy atom. The van der Waals surface area contributed by atoms with E-state index in [-0.39, 0.29) is 12.3 Å². The number of aryl methyl sites for hydroxylation is 3. The van der Waals surface area contributed by atoms with Gasteiger partial charge >= 0.3 is 5.97 Å². The summed E-state index contributed by atoms with van der Waals surface area (Å²) in [7, 11) is 1.69. The second-order valence-corrected chi connectivity index (χ2v) is 10.7. The fraction of sp³-hybridized carbons (Fsp3) is 0.500. The number of benzene rings is 2. The van der Waals surface area contributed by atoms with E-state index in [1.165, 1.54) is 36.0 Å². The fourth-order valence-corrected chi connectivity index (χ4v) is 5.99. The number of aromatic nitrogens is 1. The SMILES string of the molecule is COc1ccc2nccc(CCC[C@@H]3CCN(CCCCCc4ccccc4C)C[C@@H]3CC(=O)O)c2c1. The molecule has 1 saturated heterocycles. The van der Waals surface area contributed by atoms with Crippen LogP contribution in [-0.2, 0) is 17.6 Å². The van der Waals surface area contributed by atoms with Crippen molar-refractivity contribution in [2.45, 2.75) is 64.7 Å². The van der Waals surface area contributed by atoms with Crippen LogP contribution in [0.15, 0.2) is 54.7 Å². The molecular weight excluding hydrogens is 460 g/mol. The van der Waals surface area contributed by atoms with Gasteiger partial charge < -0.3 is 14.7 Å². The molecule has 1 aliphatic rings. The Balaban J connectivity index is 1.24. The number of methoxy groups -OCH3 is 1. The van der Waals surface area contributed by atoms with E-state index in [4.69, 9.17) is 4.74 Å². The van der Waals surface area contributed by atoms with Crippen molar-refractivity contribution in [2.75, 3.05) is 26.7 Å². The highest BCUT2D eigenvalue weighted by Crippen LogP contribution is 2.32. The first kappa shape index (κ1) is 27.1. The summed E-state index contributed by atoms with van der Waals surface area (Å²) < 4.78 is 5.42. The maximum atomic E-state index is 11.6. The van der Waals surface area contributed by atoms with Crippen LogP contribution in [0.3, 0.4) is 0 Å². The minimum atomic E-state index is -0.665. The van der Waals surface area contributed by atoms with Gasteiger partial charge in [-0.1, -0.05) is 30.7 Å². The lowest BCUT2D eigenvalue weighted by atomic mass is 9.79. The number of hydrogen-bond donors (Lipinski definition) is 1. The van der Waals surface area contributed by atoms with Gasteiger partial charge in [0.2, 0.25) is 0 Å². The predicted octanol–water partition coefficient (Wildman–Crippen LogP) is 6.70. The molecule has 2 heterocycles. The topological polar surface area (TPSA) is 62.7 Å². The number of rotatable bonds is 13. The van der Waals surface area contributed by atoms with Gasteiger partial charge in [-0.2, -0.15) is 0 Å². The number of carboxylic acids is 1. The molecule has 0 radical (unpaired) electrons. The Labute approximate surface area is 221 Å². The highest BCUT2D eigenvalue weighted by Gasteiger charge is 2.30. The van der Waals surface area contributed by atoms with E-state index in [0.29, 0.717) is 5.92 Å². The van der Waals surface area contributed by atoms with Crippen LogP contribution in [0.2, 0.25) is 0 Å². The van der Waals surface area contributed by atoms with Crippen molar-refractivity contribution >= 4 is 16.9 Å². The summed E-state index contributed by atoms with van der Waals surface area (Å²) >= 11 is 0. The number of pyridine rings is 1. The molecule has 0 bridgehead atoms. The van der Waals surface area contributed by atoms with E-state index in [0.717, 1.165) is 68.4 Å². The Morgan fingerprint density at radius 3 is 2.68 bits per heavy atom. The number of unbranched alkanes of at least 4 members (excludes halogenated alkanes) is 2. The highest BCUT2D eigenvalue weighted by atomic mass is 16.5. The molecular formula is C32H42N2O3. The number of aliphatic carboxylic acids is 1. The standard InChI is InChI=1S/C32H42N2O3/c1-24-9-5-6-11-25(24)10-4-3-7-19-34-20-17-26(28(23-34)21-32(35)36)12-8-13-27-16-18-33-31-15-14-29(37-2)22-30(27)31/h5-6,9,11,14-16,18,22,26,28H,3-4,7-8,10,12-13,17,19-21,23H2,1-2H3,(H,35,36)/t26-,28+/m1/s1. The van der Waals surface area contributed by atoms with Gasteiger partial charge in [0, 0.05) is 24.5 Å². The van der Waals surface area contributed by atoms with Crippen LogP contribution >= 0.6 is 0 Å². The summed E-state index contributed by atoms with van der Waals surface area (Å²) in [5, 5.41) is 10.7. The van der Waals surface area contributed by atoms with Gasteiger partial charge in [-0.05, 0) is 118 Å². The van der Waals surface area contributed by atoms with Crippen molar-refractivity contribution in [2.24, 2.45) is 11.8 Å². The zero-order valence-electron chi connectivity index (χ0n) is 22.5. The van der Waals surface area contributed by atoms with Gasteiger partial charge in [0.15, 0.2) is 0 Å². The van der Waals surface area contributed by atoms with Crippen LogP contribution in [0.5, 0.6) is 5.75 Å². The maximum absolute atomic E-state index is 11.6. The fourth-order valence-electron chi connectivity index (χ4n) is 5.99. The molecule has 1 fully saturated rings. The normalized spacial score (nSPS) is 18.2. The molecule has 4 rings (SSSR count). The Hall–Kier alpha value is -2.92. The molecule has 0 unspecified atom stereocenters. The number of carbonyl (C=O) groups is 1. The van der Waals surface area contributed by atoms with E-state index in [1.54, 1.807) is 7.11 Å². The molecule has 5 heteroatoms. The molecule has 1 aromatic heterocycles. The molecule has 37 heavy (non-hydrogen) atoms. The third-order valence-electron chi connectivity index (χ3n) is 8.15. The van der Waals surface area contributed by atoms with Gasteiger partial charge in [0.1, 0.15) is 5.75 Å². The van der Waals surface area contributed by atoms with Crippen molar-refractivity contribution in [3.8, 4) is 5.75 Å². The van der Waals surface area contributed by atoms with Crippen molar-refractivity contribution in [1.82, 2.24) is 9.88 Å². The average Bonchev–Trinajstić information content (AvgIpc) is 2.90. The van der Waals surface area contributed by atoms with Crippen molar-refractivity contribution in [1.29, 1.82) is 0 Å². The summed E-state index contributed by atoms with van der Waals surface area (Å²) in [4.78, 5) is 18.7. The van der Waals surface area contributed by atoms with Crippen LogP contribution < -0.4 is 4.74 Å². The van der Waals surface area contributed by atoms with Crippen LogP contribution in [0.25, 0.3) is 10.9 Å². The molecule has 0 aliphatic carbocycles. The first-order valence-corrected chi connectivity index (χ1v) is 13.9. The lowest BCUT2D eigenvalue weighted by Gasteiger charge is -2.38. The summed E-state index contributed by atoms with van der Waals surface area (Å²) in [5.74, 6) is 0.914. The zero-order valence-corrected chi connectivity index (χ0v) is 22.5. The van der Waals surface area contributed by atoms with Gasteiger partial charge in [0.05, 0.1) is 12.6 Å². The third-order valence-corrected chi connectivity index (χ3v) is 8.15. The van der Waals surface area contributed by atoms with Gasteiger partial charge in [-0.25, -0.2) is 0 Å². The summed E-state index contributed by atoms with van der Waals surface area (Å²) in [6, 6.07) is 16.8. The van der Waals surface area contributed by atoms with E-state index in [9.17, 15) is 9.90 Å². The van der Waals surface area contributed by atoms with Gasteiger partial charge in [0.25, 0.3) is 0 Å². The molecule has 0 amide bonds. The Bertz CT molecular complexity index is 1160. The molecule has 1 aliphatic heterocycles. The maximum Gasteiger partial charge on any atom is 0.303 e. The van der Waals surface area contributed by atoms with Crippen LogP contribution in [-0.4, -0.2) is 47.7 Å². The molecule has 3 aromatic rings. The number of fused-ring (bicyclic) bond motifs is 1. The first-order chi connectivity index (χ1) is 18.0. The molecule has 1 N–H and O–H groups in total. The van der Waals surface area contributed by atoms with Gasteiger partial charge in [-0.3, -0.25) is 9.78 Å². The van der Waals surface area contributed by atoms with Crippen molar-refractivity contribution in [3.63, 3.8) is 0 Å².